The topological polar surface area (TPSA) is 98.7 Å². The molecule has 3 N–H and O–H groups in total. The van der Waals surface area contributed by atoms with Gasteiger partial charge in [-0.25, -0.2) is 4.79 Å². The Morgan fingerprint density at radius 1 is 1.12 bits per heavy atom. The van der Waals surface area contributed by atoms with Crippen molar-refractivity contribution < 1.29 is 19.5 Å². The Kier molecular flexibility index (Phi) is 10.0. The third kappa shape index (κ3) is 7.22. The van der Waals surface area contributed by atoms with Gasteiger partial charge in [0.1, 0.15) is 0 Å². The second-order valence-electron chi connectivity index (χ2n) is 10.6. The third-order valence-electron chi connectivity index (χ3n) is 6.06. The molecular formula is C25H41N3O4S. The summed E-state index contributed by atoms with van der Waals surface area (Å²) in [5.41, 5.74) is -0.800. The number of amides is 2. The fourth-order valence-corrected chi connectivity index (χ4v) is 5.22. The molecule has 0 saturated heterocycles. The van der Waals surface area contributed by atoms with Crippen molar-refractivity contribution in [1.29, 1.82) is 0 Å². The van der Waals surface area contributed by atoms with Crippen LogP contribution in [0.4, 0.5) is 0 Å². The number of carbonyl (C=O) groups excluding carboxylic acids is 2. The summed E-state index contributed by atoms with van der Waals surface area (Å²) in [5, 5.41) is 17.0. The van der Waals surface area contributed by atoms with Crippen molar-refractivity contribution in [3.63, 3.8) is 0 Å². The number of imide groups is 1. The molecule has 0 unspecified atom stereocenters. The second kappa shape index (κ2) is 11.4. The zero-order valence-electron chi connectivity index (χ0n) is 21.6. The molecule has 0 aliphatic carbocycles. The standard InChI is InChI=1S/C25H41N3O4S/c1-15(2)17(14-16(3)23(31)32)28(10)20(24(4,5)6)22(30)27-21(29)19(26-9)25(7,8)18-12-11-13-33-18/h11-15,17,19-20,26H,1-10H3,(H,31,32)(H,27,29,30)/b16-14+/t17-,19-,20-/m1/s1. The van der Waals surface area contributed by atoms with Crippen LogP contribution in [0.15, 0.2) is 29.2 Å². The minimum Gasteiger partial charge on any atom is -0.478 e. The van der Waals surface area contributed by atoms with Gasteiger partial charge in [0, 0.05) is 21.9 Å². The van der Waals surface area contributed by atoms with Gasteiger partial charge in [-0.1, -0.05) is 60.6 Å². The number of likely N-dealkylation sites (N-methyl/N-ethyl adjacent to an activating group) is 2. The highest BCUT2D eigenvalue weighted by molar-refractivity contribution is 7.10. The van der Waals surface area contributed by atoms with Crippen LogP contribution in [0.5, 0.6) is 0 Å². The summed E-state index contributed by atoms with van der Waals surface area (Å²) >= 11 is 1.57. The van der Waals surface area contributed by atoms with Crippen LogP contribution in [0.3, 0.4) is 0 Å². The normalized spacial score (nSPS) is 15.9. The molecule has 0 aliphatic heterocycles. The van der Waals surface area contributed by atoms with Gasteiger partial charge >= 0.3 is 5.97 Å². The fourth-order valence-electron chi connectivity index (χ4n) is 4.34. The SMILES string of the molecule is CN[C@H](C(=O)NC(=O)[C@@H](N(C)[C@H](/C=C(\C)C(=O)O)C(C)C)C(C)(C)C)C(C)(C)c1cccs1. The quantitative estimate of drug-likeness (QED) is 0.443. The Morgan fingerprint density at radius 3 is 2.09 bits per heavy atom. The van der Waals surface area contributed by atoms with Gasteiger partial charge in [-0.2, -0.15) is 0 Å². The molecule has 1 rings (SSSR count). The molecule has 0 fully saturated rings. The van der Waals surface area contributed by atoms with E-state index in [1.54, 1.807) is 38.4 Å². The summed E-state index contributed by atoms with van der Waals surface area (Å²) in [6.45, 7) is 15.3. The average molecular weight is 480 g/mol. The number of nitrogens with zero attached hydrogens (tertiary/aromatic N) is 1. The number of carboxylic acids is 1. The van der Waals surface area contributed by atoms with Crippen LogP contribution in [0.2, 0.25) is 0 Å². The number of carbonyl (C=O) groups is 3. The van der Waals surface area contributed by atoms with E-state index >= 15 is 0 Å². The van der Waals surface area contributed by atoms with Crippen molar-refractivity contribution in [2.24, 2.45) is 11.3 Å². The molecule has 0 radical (unpaired) electrons. The van der Waals surface area contributed by atoms with E-state index in [1.807, 2.05) is 70.9 Å². The first-order valence-electron chi connectivity index (χ1n) is 11.2. The molecule has 1 aromatic heterocycles. The lowest BCUT2D eigenvalue weighted by Crippen LogP contribution is -2.60. The maximum atomic E-state index is 13.5. The van der Waals surface area contributed by atoms with Crippen molar-refractivity contribution in [3.8, 4) is 0 Å². The van der Waals surface area contributed by atoms with Gasteiger partial charge in [-0.3, -0.25) is 19.8 Å². The van der Waals surface area contributed by atoms with Gasteiger partial charge in [0.05, 0.1) is 12.1 Å². The highest BCUT2D eigenvalue weighted by atomic mass is 32.1. The van der Waals surface area contributed by atoms with Gasteiger partial charge in [0.25, 0.3) is 0 Å². The van der Waals surface area contributed by atoms with Crippen molar-refractivity contribution in [2.45, 2.75) is 78.9 Å². The number of hydrogen-bond acceptors (Lipinski definition) is 6. The third-order valence-corrected chi connectivity index (χ3v) is 7.27. The summed E-state index contributed by atoms with van der Waals surface area (Å²) in [4.78, 5) is 41.1. The first-order chi connectivity index (χ1) is 15.0. The molecule has 0 saturated carbocycles. The Morgan fingerprint density at radius 2 is 1.70 bits per heavy atom. The van der Waals surface area contributed by atoms with Gasteiger partial charge in [0.2, 0.25) is 11.8 Å². The minimum atomic E-state index is -0.992. The van der Waals surface area contributed by atoms with E-state index < -0.39 is 34.8 Å². The van der Waals surface area contributed by atoms with Gasteiger partial charge in [0.15, 0.2) is 0 Å². The molecule has 0 aliphatic rings. The number of aliphatic carboxylic acids is 1. The zero-order chi connectivity index (χ0) is 25.7. The maximum Gasteiger partial charge on any atom is 0.331 e. The Bertz CT molecular complexity index is 854. The van der Waals surface area contributed by atoms with Crippen LogP contribution in [0.1, 0.15) is 60.3 Å². The molecule has 1 heterocycles. The van der Waals surface area contributed by atoms with E-state index in [9.17, 15) is 19.5 Å². The summed E-state index contributed by atoms with van der Waals surface area (Å²) < 4.78 is 0. The highest BCUT2D eigenvalue weighted by Gasteiger charge is 2.42. The molecule has 0 spiro atoms. The largest absolute Gasteiger partial charge is 0.478 e. The predicted molar refractivity (Wildman–Crippen MR) is 134 cm³/mol. The highest BCUT2D eigenvalue weighted by Crippen LogP contribution is 2.32. The maximum absolute atomic E-state index is 13.5. The first-order valence-corrected chi connectivity index (χ1v) is 12.1. The molecule has 186 valence electrons. The van der Waals surface area contributed by atoms with E-state index in [-0.39, 0.29) is 23.4 Å². The fraction of sp³-hybridized carbons (Fsp3) is 0.640. The van der Waals surface area contributed by atoms with Crippen LogP contribution < -0.4 is 10.6 Å². The summed E-state index contributed by atoms with van der Waals surface area (Å²) in [5.74, 6) is -1.72. The number of hydrogen-bond donors (Lipinski definition) is 3. The van der Waals surface area contributed by atoms with E-state index in [0.717, 1.165) is 4.88 Å². The molecule has 2 amide bonds. The van der Waals surface area contributed by atoms with Crippen molar-refractivity contribution in [2.75, 3.05) is 14.1 Å². The summed E-state index contributed by atoms with van der Waals surface area (Å²) in [7, 11) is 3.52. The smallest absolute Gasteiger partial charge is 0.331 e. The van der Waals surface area contributed by atoms with E-state index in [4.69, 9.17) is 0 Å². The molecule has 33 heavy (non-hydrogen) atoms. The lowest BCUT2D eigenvalue weighted by atomic mass is 9.81. The Labute approximate surface area is 202 Å². The van der Waals surface area contributed by atoms with E-state index in [0.29, 0.717) is 0 Å². The van der Waals surface area contributed by atoms with E-state index in [1.165, 1.54) is 0 Å². The molecule has 7 nitrogen and oxygen atoms in total. The van der Waals surface area contributed by atoms with Crippen LogP contribution >= 0.6 is 11.3 Å². The van der Waals surface area contributed by atoms with Crippen LogP contribution in [0.25, 0.3) is 0 Å². The predicted octanol–water partition coefficient (Wildman–Crippen LogP) is 3.66. The van der Waals surface area contributed by atoms with Crippen molar-refractivity contribution in [3.05, 3.63) is 34.0 Å². The monoisotopic (exact) mass is 479 g/mol. The summed E-state index contributed by atoms with van der Waals surface area (Å²) in [6, 6.07) is 2.37. The van der Waals surface area contributed by atoms with Crippen LogP contribution in [-0.4, -0.2) is 60.0 Å². The lowest BCUT2D eigenvalue weighted by Gasteiger charge is -2.42. The summed E-state index contributed by atoms with van der Waals surface area (Å²) in [6.07, 6.45) is 1.68. The minimum absolute atomic E-state index is 0.0560. The second-order valence-corrected chi connectivity index (χ2v) is 11.5. The van der Waals surface area contributed by atoms with Gasteiger partial charge in [-0.05, 0) is 43.8 Å². The lowest BCUT2D eigenvalue weighted by molar-refractivity contribution is -0.138. The van der Waals surface area contributed by atoms with Crippen molar-refractivity contribution >= 4 is 29.1 Å². The first kappa shape index (κ1) is 29.0. The molecule has 0 aromatic carbocycles. The number of nitrogens with one attached hydrogen (secondary N) is 2. The number of rotatable bonds is 10. The van der Waals surface area contributed by atoms with Crippen LogP contribution in [0, 0.1) is 11.3 Å². The van der Waals surface area contributed by atoms with Crippen molar-refractivity contribution in [1.82, 2.24) is 15.5 Å². The van der Waals surface area contributed by atoms with Gasteiger partial charge < -0.3 is 10.4 Å². The number of thiophene rings is 1. The van der Waals surface area contributed by atoms with Crippen LogP contribution in [-0.2, 0) is 19.8 Å². The molecule has 8 heteroatoms. The zero-order valence-corrected chi connectivity index (χ0v) is 22.5. The van der Waals surface area contributed by atoms with E-state index in [2.05, 4.69) is 10.6 Å². The molecule has 3 atom stereocenters. The molecular weight excluding hydrogens is 438 g/mol. The average Bonchev–Trinajstić information content (AvgIpc) is 3.20. The van der Waals surface area contributed by atoms with Gasteiger partial charge in [-0.15, -0.1) is 11.3 Å². The Balaban J connectivity index is 3.25. The number of carboxylic acid groups (broad SMARTS) is 1. The Hall–Kier alpha value is -2.03. The molecule has 0 bridgehead atoms. The molecule has 1 aromatic rings.